The van der Waals surface area contributed by atoms with Gasteiger partial charge in [0.1, 0.15) is 11.5 Å². The topological polar surface area (TPSA) is 44.2 Å². The first-order valence-electron chi connectivity index (χ1n) is 18.9. The van der Waals surface area contributed by atoms with Crippen LogP contribution in [0, 0.1) is 0 Å². The van der Waals surface area contributed by atoms with Crippen LogP contribution < -0.4 is 9.47 Å². The molecule has 0 N–H and O–H groups in total. The number of nitrogens with zero attached hydrogens (tertiary/aromatic N) is 2. The molecule has 11 aromatic rings. The number of aromatic nitrogens is 2. The maximum Gasteiger partial charge on any atom is 0.118 e. The van der Waals surface area contributed by atoms with E-state index in [4.69, 9.17) is 19.4 Å². The second-order valence-corrected chi connectivity index (χ2v) is 14.5. The Labute approximate surface area is 322 Å². The van der Waals surface area contributed by atoms with Crippen molar-refractivity contribution in [2.45, 2.75) is 0 Å². The molecule has 0 amide bonds. The summed E-state index contributed by atoms with van der Waals surface area (Å²) in [6.45, 7) is 0. The van der Waals surface area contributed by atoms with Crippen molar-refractivity contribution in [3.05, 3.63) is 170 Å². The molecule has 0 unspecified atom stereocenters. The molecule has 56 heavy (non-hydrogen) atoms. The fourth-order valence-electron chi connectivity index (χ4n) is 8.58. The molecule has 3 heterocycles. The first-order valence-corrected chi connectivity index (χ1v) is 18.9. The predicted molar refractivity (Wildman–Crippen MR) is 235 cm³/mol. The fraction of sp³-hybridized carbons (Fsp3) is 0.0385. The van der Waals surface area contributed by atoms with Crippen LogP contribution in [0.15, 0.2) is 170 Å². The Bertz CT molecular complexity index is 3190. The lowest BCUT2D eigenvalue weighted by Gasteiger charge is -2.13. The Morgan fingerprint density at radius 2 is 0.696 bits per heavy atom. The second kappa shape index (κ2) is 12.6. The number of methoxy groups -OCH3 is 2. The van der Waals surface area contributed by atoms with E-state index in [2.05, 4.69) is 146 Å². The van der Waals surface area contributed by atoms with Gasteiger partial charge in [0.15, 0.2) is 0 Å². The number of benzene rings is 8. The van der Waals surface area contributed by atoms with E-state index >= 15 is 0 Å². The molecule has 0 spiro atoms. The number of rotatable bonds is 4. The minimum Gasteiger partial charge on any atom is -0.497 e. The van der Waals surface area contributed by atoms with E-state index in [0.29, 0.717) is 0 Å². The van der Waals surface area contributed by atoms with Crippen molar-refractivity contribution in [2.24, 2.45) is 0 Å². The Hall–Kier alpha value is -7.30. The van der Waals surface area contributed by atoms with E-state index in [0.717, 1.165) is 120 Å². The monoisotopic (exact) mass is 718 g/mol. The van der Waals surface area contributed by atoms with Gasteiger partial charge in [-0.2, -0.15) is 0 Å². The third-order valence-electron chi connectivity index (χ3n) is 11.4. The van der Waals surface area contributed by atoms with Gasteiger partial charge in [-0.05, 0) is 103 Å². The van der Waals surface area contributed by atoms with Crippen molar-refractivity contribution < 1.29 is 9.47 Å². The molecular weight excluding hydrogens is 685 g/mol. The van der Waals surface area contributed by atoms with Gasteiger partial charge in [-0.1, -0.05) is 121 Å². The Morgan fingerprint density at radius 1 is 0.321 bits per heavy atom. The fourth-order valence-corrected chi connectivity index (χ4v) is 8.58. The highest BCUT2D eigenvalue weighted by Crippen LogP contribution is 2.39. The summed E-state index contributed by atoms with van der Waals surface area (Å²) in [6.07, 6.45) is 0. The van der Waals surface area contributed by atoms with E-state index in [-0.39, 0.29) is 0 Å². The van der Waals surface area contributed by atoms with Crippen LogP contribution in [0.3, 0.4) is 0 Å². The van der Waals surface area contributed by atoms with Crippen molar-refractivity contribution in [1.82, 2.24) is 9.97 Å². The minimum atomic E-state index is 0.827. The van der Waals surface area contributed by atoms with Crippen LogP contribution in [0.4, 0.5) is 0 Å². The number of fused-ring (bicyclic) bond motifs is 8. The van der Waals surface area contributed by atoms with E-state index in [1.807, 2.05) is 24.3 Å². The molecule has 11 rings (SSSR count). The van der Waals surface area contributed by atoms with Crippen LogP contribution in [-0.2, 0) is 0 Å². The zero-order valence-corrected chi connectivity index (χ0v) is 30.9. The minimum absolute atomic E-state index is 0.827. The van der Waals surface area contributed by atoms with Crippen molar-refractivity contribution >= 4 is 86.7 Å². The molecule has 4 nitrogen and oxygen atoms in total. The van der Waals surface area contributed by atoms with E-state index < -0.39 is 0 Å². The first kappa shape index (κ1) is 32.2. The van der Waals surface area contributed by atoms with Crippen LogP contribution >= 0.6 is 0 Å². The van der Waals surface area contributed by atoms with Crippen molar-refractivity contribution in [3.8, 4) is 33.8 Å². The Kier molecular flexibility index (Phi) is 7.26. The SMILES string of the molecule is COc1ccc(-c2cc3nc4c2cccc4c2ccc4cccc(c5cc(-c6ccc(OC)cc6)c6cccc(c7ccc8cccc3c8c7)c6n5)c4c2)cc1. The van der Waals surface area contributed by atoms with Gasteiger partial charge in [-0.15, -0.1) is 0 Å². The summed E-state index contributed by atoms with van der Waals surface area (Å²) in [6, 6.07) is 60.9. The van der Waals surface area contributed by atoms with Gasteiger partial charge in [0, 0.05) is 32.3 Å². The van der Waals surface area contributed by atoms with Crippen molar-refractivity contribution in [1.29, 1.82) is 0 Å². The molecule has 0 atom stereocenters. The zero-order chi connectivity index (χ0) is 37.3. The molecule has 0 aliphatic heterocycles. The second-order valence-electron chi connectivity index (χ2n) is 14.5. The van der Waals surface area contributed by atoms with Crippen LogP contribution in [0.25, 0.3) is 109 Å². The average molecular weight is 719 g/mol. The highest BCUT2D eigenvalue weighted by Gasteiger charge is 2.14. The molecule has 0 radical (unpaired) electrons. The summed E-state index contributed by atoms with van der Waals surface area (Å²) in [7, 11) is 3.41. The number of hydrogen-bond acceptors (Lipinski definition) is 4. The summed E-state index contributed by atoms with van der Waals surface area (Å²) in [4.78, 5) is 11.1. The molecule has 3 aromatic heterocycles. The van der Waals surface area contributed by atoms with Crippen molar-refractivity contribution in [2.75, 3.05) is 14.2 Å². The first-order chi connectivity index (χ1) is 27.6. The van der Waals surface area contributed by atoms with Gasteiger partial charge >= 0.3 is 0 Å². The molecule has 0 aliphatic rings. The van der Waals surface area contributed by atoms with Crippen LogP contribution in [0.2, 0.25) is 0 Å². The summed E-state index contributed by atoms with van der Waals surface area (Å²) in [5.74, 6) is 1.65. The lowest BCUT2D eigenvalue weighted by molar-refractivity contribution is 0.415. The summed E-state index contributed by atoms with van der Waals surface area (Å²) in [5.41, 5.74) is 8.23. The van der Waals surface area contributed by atoms with Crippen LogP contribution in [0.5, 0.6) is 11.5 Å². The predicted octanol–water partition coefficient (Wildman–Crippen LogP) is 13.6. The van der Waals surface area contributed by atoms with E-state index in [9.17, 15) is 0 Å². The van der Waals surface area contributed by atoms with Gasteiger partial charge in [0.25, 0.3) is 0 Å². The molecule has 0 saturated heterocycles. The third-order valence-corrected chi connectivity index (χ3v) is 11.4. The standard InChI is InChI=1S/C52H34N2O2/c1-55-37-23-19-33(20-24-37)47-29-49-41-11-3-7-31-16-18-36(28-45(31)41)40-10-6-14-44-48(34-21-25-38(56-2)26-22-34)30-50(54-52(40)44)42-12-4-8-32-15-17-35(27-46(32)42)39-9-5-13-43(47)51(39)53-49/h3-30H,1-2H3. The number of pyridine rings is 2. The van der Waals surface area contributed by atoms with E-state index in [1.165, 1.54) is 0 Å². The molecule has 0 fully saturated rings. The highest BCUT2D eigenvalue weighted by molar-refractivity contribution is 6.19. The normalized spacial score (nSPS) is 11.8. The summed E-state index contributed by atoms with van der Waals surface area (Å²) in [5, 5.41) is 13.3. The third kappa shape index (κ3) is 5.07. The van der Waals surface area contributed by atoms with Gasteiger partial charge in [0.2, 0.25) is 0 Å². The molecule has 0 aliphatic carbocycles. The maximum absolute atomic E-state index is 5.56. The number of hydrogen-bond donors (Lipinski definition) is 0. The quantitative estimate of drug-likeness (QED) is 0.182. The van der Waals surface area contributed by atoms with Crippen molar-refractivity contribution in [3.63, 3.8) is 0 Å². The van der Waals surface area contributed by atoms with Crippen LogP contribution in [0.1, 0.15) is 0 Å². The molecule has 264 valence electrons. The maximum atomic E-state index is 5.56. The van der Waals surface area contributed by atoms with E-state index in [1.54, 1.807) is 14.2 Å². The lowest BCUT2D eigenvalue weighted by atomic mass is 9.95. The molecule has 0 saturated carbocycles. The average Bonchev–Trinajstić information content (AvgIpc) is 3.27. The summed E-state index contributed by atoms with van der Waals surface area (Å²) >= 11 is 0. The Morgan fingerprint density at radius 3 is 1.12 bits per heavy atom. The van der Waals surface area contributed by atoms with Gasteiger partial charge in [-0.3, -0.25) is 0 Å². The van der Waals surface area contributed by atoms with Crippen LogP contribution in [-0.4, -0.2) is 24.2 Å². The van der Waals surface area contributed by atoms with Gasteiger partial charge in [-0.25, -0.2) is 9.97 Å². The molecular formula is C52H34N2O2. The van der Waals surface area contributed by atoms with Gasteiger partial charge < -0.3 is 9.47 Å². The smallest absolute Gasteiger partial charge is 0.118 e. The molecule has 8 aromatic carbocycles. The van der Waals surface area contributed by atoms with Gasteiger partial charge in [0.05, 0.1) is 36.3 Å². The summed E-state index contributed by atoms with van der Waals surface area (Å²) < 4.78 is 11.1. The number of ether oxygens (including phenoxy) is 2. The number of para-hydroxylation sites is 2. The zero-order valence-electron chi connectivity index (χ0n) is 30.9. The lowest BCUT2D eigenvalue weighted by Crippen LogP contribution is -1.90. The molecule has 8 bridgehead atoms. The largest absolute Gasteiger partial charge is 0.497 e. The highest BCUT2D eigenvalue weighted by atomic mass is 16.5. The Balaban J connectivity index is 1.38. The molecule has 4 heteroatoms.